The maximum Gasteiger partial charge on any atom is 0.248 e. The van der Waals surface area contributed by atoms with Crippen molar-refractivity contribution in [2.24, 2.45) is 0 Å². The molecule has 0 atom stereocenters. The van der Waals surface area contributed by atoms with Gasteiger partial charge in [-0.2, -0.15) is 0 Å². The summed E-state index contributed by atoms with van der Waals surface area (Å²) in [5, 5.41) is 11.1. The number of aromatic nitrogens is 3. The molecule has 122 valence electrons. The number of rotatable bonds is 5. The SMILES string of the molecule is COc1ccc(-c2nc(Nc3ccccc3OC)nnc2N)cc1. The minimum absolute atomic E-state index is 0.255. The van der Waals surface area contributed by atoms with Crippen molar-refractivity contribution < 1.29 is 9.47 Å². The molecule has 0 fully saturated rings. The van der Waals surface area contributed by atoms with Gasteiger partial charge in [-0.05, 0) is 36.4 Å². The van der Waals surface area contributed by atoms with Crippen molar-refractivity contribution >= 4 is 17.5 Å². The summed E-state index contributed by atoms with van der Waals surface area (Å²) in [7, 11) is 3.22. The van der Waals surface area contributed by atoms with Crippen LogP contribution in [0.5, 0.6) is 11.5 Å². The normalized spacial score (nSPS) is 10.2. The summed E-state index contributed by atoms with van der Waals surface area (Å²) in [5.41, 5.74) is 8.04. The van der Waals surface area contributed by atoms with Crippen molar-refractivity contribution in [2.45, 2.75) is 0 Å². The van der Waals surface area contributed by atoms with Crippen LogP contribution in [-0.4, -0.2) is 29.4 Å². The molecule has 0 spiro atoms. The molecule has 7 heteroatoms. The van der Waals surface area contributed by atoms with Gasteiger partial charge in [-0.15, -0.1) is 10.2 Å². The van der Waals surface area contributed by atoms with E-state index in [9.17, 15) is 0 Å². The molecule has 3 aromatic rings. The Labute approximate surface area is 139 Å². The highest BCUT2D eigenvalue weighted by Gasteiger charge is 2.11. The number of hydrogen-bond donors (Lipinski definition) is 2. The summed E-state index contributed by atoms with van der Waals surface area (Å²) in [6.07, 6.45) is 0. The van der Waals surface area contributed by atoms with Crippen molar-refractivity contribution in [3.63, 3.8) is 0 Å². The van der Waals surface area contributed by atoms with Crippen molar-refractivity contribution in [3.8, 4) is 22.8 Å². The first-order valence-corrected chi connectivity index (χ1v) is 7.26. The van der Waals surface area contributed by atoms with E-state index in [0.717, 1.165) is 17.0 Å². The monoisotopic (exact) mass is 323 g/mol. The van der Waals surface area contributed by atoms with E-state index < -0.39 is 0 Å². The molecule has 0 saturated heterocycles. The van der Waals surface area contributed by atoms with Gasteiger partial charge in [-0.25, -0.2) is 4.98 Å². The summed E-state index contributed by atoms with van der Waals surface area (Å²) in [6.45, 7) is 0. The second kappa shape index (κ2) is 6.82. The van der Waals surface area contributed by atoms with Gasteiger partial charge >= 0.3 is 0 Å². The molecule has 0 unspecified atom stereocenters. The van der Waals surface area contributed by atoms with Gasteiger partial charge in [0.15, 0.2) is 5.82 Å². The number of hydrogen-bond acceptors (Lipinski definition) is 7. The molecule has 1 aromatic heterocycles. The highest BCUT2D eigenvalue weighted by Crippen LogP contribution is 2.28. The Morgan fingerprint density at radius 3 is 2.38 bits per heavy atom. The molecule has 0 aliphatic rings. The largest absolute Gasteiger partial charge is 0.497 e. The number of nitrogens with zero attached hydrogens (tertiary/aromatic N) is 3. The van der Waals surface area contributed by atoms with Gasteiger partial charge < -0.3 is 20.5 Å². The Hall–Kier alpha value is -3.35. The molecule has 3 rings (SSSR count). The molecule has 24 heavy (non-hydrogen) atoms. The molecule has 7 nitrogen and oxygen atoms in total. The van der Waals surface area contributed by atoms with Crippen molar-refractivity contribution in [1.82, 2.24) is 15.2 Å². The number of anilines is 3. The number of nitrogen functional groups attached to an aromatic ring is 1. The Morgan fingerprint density at radius 2 is 1.67 bits per heavy atom. The van der Waals surface area contributed by atoms with Gasteiger partial charge in [-0.3, -0.25) is 0 Å². The molecule has 0 aliphatic heterocycles. The lowest BCUT2D eigenvalue weighted by molar-refractivity contribution is 0.415. The van der Waals surface area contributed by atoms with Crippen LogP contribution >= 0.6 is 0 Å². The second-order valence-corrected chi connectivity index (χ2v) is 4.92. The molecule has 3 N–H and O–H groups in total. The van der Waals surface area contributed by atoms with Crippen LogP contribution < -0.4 is 20.5 Å². The molecule has 0 radical (unpaired) electrons. The number of nitrogens with two attached hydrogens (primary N) is 1. The molecule has 1 heterocycles. The Balaban J connectivity index is 1.93. The first-order valence-electron chi connectivity index (χ1n) is 7.26. The summed E-state index contributed by atoms with van der Waals surface area (Å²) in [6, 6.07) is 14.9. The van der Waals surface area contributed by atoms with Crippen LogP contribution in [0.25, 0.3) is 11.3 Å². The van der Waals surface area contributed by atoms with Crippen molar-refractivity contribution in [2.75, 3.05) is 25.3 Å². The van der Waals surface area contributed by atoms with E-state index in [-0.39, 0.29) is 5.82 Å². The van der Waals surface area contributed by atoms with Crippen LogP contribution in [0, 0.1) is 0 Å². The van der Waals surface area contributed by atoms with E-state index in [1.54, 1.807) is 14.2 Å². The summed E-state index contributed by atoms with van der Waals surface area (Å²) >= 11 is 0. The lowest BCUT2D eigenvalue weighted by Gasteiger charge is -2.11. The Bertz CT molecular complexity index is 837. The fourth-order valence-electron chi connectivity index (χ4n) is 2.22. The predicted molar refractivity (Wildman–Crippen MR) is 92.5 cm³/mol. The molecular formula is C17H17N5O2. The zero-order chi connectivity index (χ0) is 16.9. The summed E-state index contributed by atoms with van der Waals surface area (Å²) < 4.78 is 10.5. The number of para-hydroxylation sites is 2. The first-order chi connectivity index (χ1) is 11.7. The van der Waals surface area contributed by atoms with Crippen molar-refractivity contribution in [1.29, 1.82) is 0 Å². The van der Waals surface area contributed by atoms with Gasteiger partial charge in [0.25, 0.3) is 0 Å². The first kappa shape index (κ1) is 15.5. The van der Waals surface area contributed by atoms with E-state index in [4.69, 9.17) is 15.2 Å². The fraction of sp³-hybridized carbons (Fsp3) is 0.118. The third-order valence-corrected chi connectivity index (χ3v) is 3.43. The maximum absolute atomic E-state index is 5.92. The molecule has 2 aromatic carbocycles. The zero-order valence-electron chi connectivity index (χ0n) is 13.4. The highest BCUT2D eigenvalue weighted by atomic mass is 16.5. The van der Waals surface area contributed by atoms with Crippen LogP contribution in [0.3, 0.4) is 0 Å². The zero-order valence-corrected chi connectivity index (χ0v) is 13.4. The van der Waals surface area contributed by atoms with Gasteiger partial charge in [0.2, 0.25) is 5.95 Å². The molecule has 0 saturated carbocycles. The van der Waals surface area contributed by atoms with Crippen molar-refractivity contribution in [3.05, 3.63) is 48.5 Å². The maximum atomic E-state index is 5.92. The Morgan fingerprint density at radius 1 is 0.917 bits per heavy atom. The van der Waals surface area contributed by atoms with Crippen LogP contribution in [0.2, 0.25) is 0 Å². The second-order valence-electron chi connectivity index (χ2n) is 4.92. The minimum Gasteiger partial charge on any atom is -0.497 e. The van der Waals surface area contributed by atoms with E-state index in [1.807, 2.05) is 48.5 Å². The van der Waals surface area contributed by atoms with E-state index in [1.165, 1.54) is 0 Å². The molecule has 0 aliphatic carbocycles. The fourth-order valence-corrected chi connectivity index (χ4v) is 2.22. The third kappa shape index (κ3) is 3.19. The predicted octanol–water partition coefficient (Wildman–Crippen LogP) is 2.88. The topological polar surface area (TPSA) is 95.2 Å². The highest BCUT2D eigenvalue weighted by molar-refractivity contribution is 5.72. The molecular weight excluding hydrogens is 306 g/mol. The standard InChI is InChI=1S/C17H17N5O2/c1-23-12-9-7-11(8-10-12)15-16(18)21-22-17(20-15)19-13-5-3-4-6-14(13)24-2/h3-10H,1-2H3,(H2,18,21)(H,19,20,22). The average Bonchev–Trinajstić information content (AvgIpc) is 2.64. The molecule has 0 amide bonds. The van der Waals surface area contributed by atoms with Gasteiger partial charge in [0, 0.05) is 5.56 Å². The number of benzene rings is 2. The summed E-state index contributed by atoms with van der Waals surface area (Å²) in [4.78, 5) is 4.46. The van der Waals surface area contributed by atoms with E-state index >= 15 is 0 Å². The quantitative estimate of drug-likeness (QED) is 0.745. The van der Waals surface area contributed by atoms with Gasteiger partial charge in [0.05, 0.1) is 19.9 Å². The average molecular weight is 323 g/mol. The van der Waals surface area contributed by atoms with E-state index in [2.05, 4.69) is 20.5 Å². The lowest BCUT2D eigenvalue weighted by Crippen LogP contribution is -2.05. The number of methoxy groups -OCH3 is 2. The lowest BCUT2D eigenvalue weighted by atomic mass is 10.1. The minimum atomic E-state index is 0.255. The number of nitrogens with one attached hydrogen (secondary N) is 1. The third-order valence-electron chi connectivity index (χ3n) is 3.43. The smallest absolute Gasteiger partial charge is 0.248 e. The van der Waals surface area contributed by atoms with Crippen LogP contribution in [-0.2, 0) is 0 Å². The number of ether oxygens (including phenoxy) is 2. The van der Waals surface area contributed by atoms with Gasteiger partial charge in [0.1, 0.15) is 17.2 Å². The Kier molecular flexibility index (Phi) is 4.42. The summed E-state index contributed by atoms with van der Waals surface area (Å²) in [5.74, 6) is 2.03. The van der Waals surface area contributed by atoms with Crippen LogP contribution in [0.1, 0.15) is 0 Å². The van der Waals surface area contributed by atoms with Crippen LogP contribution in [0.15, 0.2) is 48.5 Å². The van der Waals surface area contributed by atoms with E-state index in [0.29, 0.717) is 17.4 Å². The molecule has 0 bridgehead atoms. The van der Waals surface area contributed by atoms with Crippen LogP contribution in [0.4, 0.5) is 17.5 Å². The van der Waals surface area contributed by atoms with Gasteiger partial charge in [-0.1, -0.05) is 12.1 Å².